The van der Waals surface area contributed by atoms with E-state index in [2.05, 4.69) is 4.98 Å². The van der Waals surface area contributed by atoms with Crippen molar-refractivity contribution in [3.05, 3.63) is 59.3 Å². The number of nitrogens with zero attached hydrogens (tertiary/aromatic N) is 1. The van der Waals surface area contributed by atoms with Gasteiger partial charge in [0.15, 0.2) is 0 Å². The van der Waals surface area contributed by atoms with Gasteiger partial charge in [0.1, 0.15) is 6.61 Å². The molecule has 1 atom stereocenters. The third-order valence-corrected chi connectivity index (χ3v) is 2.85. The SMILES string of the molecule is Cc1cc(OCc2ccccc2)ncc1C(C)N. The number of nitrogens with two attached hydrogens (primary N) is 1. The van der Waals surface area contributed by atoms with Gasteiger partial charge in [-0.2, -0.15) is 0 Å². The van der Waals surface area contributed by atoms with Crippen molar-refractivity contribution in [1.29, 1.82) is 0 Å². The molecular weight excluding hydrogens is 224 g/mol. The maximum atomic E-state index is 5.85. The molecule has 0 saturated heterocycles. The van der Waals surface area contributed by atoms with E-state index in [1.54, 1.807) is 6.20 Å². The van der Waals surface area contributed by atoms with Crippen LogP contribution in [0, 0.1) is 6.92 Å². The lowest BCUT2D eigenvalue weighted by atomic mass is 10.1. The average molecular weight is 242 g/mol. The molecule has 0 bridgehead atoms. The Morgan fingerprint density at radius 2 is 2.00 bits per heavy atom. The molecule has 0 saturated carbocycles. The molecule has 1 aromatic carbocycles. The number of hydrogen-bond donors (Lipinski definition) is 1. The Morgan fingerprint density at radius 3 is 2.61 bits per heavy atom. The maximum Gasteiger partial charge on any atom is 0.213 e. The molecule has 1 heterocycles. The molecule has 3 nitrogen and oxygen atoms in total. The van der Waals surface area contributed by atoms with E-state index in [1.807, 2.05) is 50.2 Å². The van der Waals surface area contributed by atoms with E-state index in [1.165, 1.54) is 0 Å². The van der Waals surface area contributed by atoms with Gasteiger partial charge in [-0.3, -0.25) is 0 Å². The van der Waals surface area contributed by atoms with Gasteiger partial charge < -0.3 is 10.5 Å². The van der Waals surface area contributed by atoms with Crippen molar-refractivity contribution in [3.8, 4) is 5.88 Å². The lowest BCUT2D eigenvalue weighted by Gasteiger charge is -2.11. The van der Waals surface area contributed by atoms with Crippen LogP contribution in [-0.2, 0) is 6.61 Å². The highest BCUT2D eigenvalue weighted by molar-refractivity contribution is 5.30. The summed E-state index contributed by atoms with van der Waals surface area (Å²) in [6, 6.07) is 12.0. The molecule has 94 valence electrons. The molecule has 2 N–H and O–H groups in total. The molecule has 2 aromatic rings. The third kappa shape index (κ3) is 3.08. The molecule has 3 heteroatoms. The average Bonchev–Trinajstić information content (AvgIpc) is 2.37. The van der Waals surface area contributed by atoms with Crippen LogP contribution in [0.2, 0.25) is 0 Å². The zero-order chi connectivity index (χ0) is 13.0. The Balaban J connectivity index is 2.05. The van der Waals surface area contributed by atoms with Crippen molar-refractivity contribution in [2.75, 3.05) is 0 Å². The fourth-order valence-electron chi connectivity index (χ4n) is 1.83. The molecule has 18 heavy (non-hydrogen) atoms. The van der Waals surface area contributed by atoms with E-state index in [-0.39, 0.29) is 6.04 Å². The number of pyridine rings is 1. The first-order valence-corrected chi connectivity index (χ1v) is 6.05. The van der Waals surface area contributed by atoms with Gasteiger partial charge in [0.05, 0.1) is 0 Å². The van der Waals surface area contributed by atoms with Gasteiger partial charge in [0.2, 0.25) is 5.88 Å². The molecule has 2 rings (SSSR count). The summed E-state index contributed by atoms with van der Waals surface area (Å²) in [6.07, 6.45) is 1.79. The van der Waals surface area contributed by atoms with Crippen molar-refractivity contribution < 1.29 is 4.74 Å². The minimum Gasteiger partial charge on any atom is -0.473 e. The maximum absolute atomic E-state index is 5.85. The van der Waals surface area contributed by atoms with Crippen LogP contribution in [0.25, 0.3) is 0 Å². The summed E-state index contributed by atoms with van der Waals surface area (Å²) >= 11 is 0. The number of aromatic nitrogens is 1. The highest BCUT2D eigenvalue weighted by atomic mass is 16.5. The predicted molar refractivity (Wildman–Crippen MR) is 72.4 cm³/mol. The second-order valence-electron chi connectivity index (χ2n) is 4.44. The quantitative estimate of drug-likeness (QED) is 0.896. The minimum atomic E-state index is 0.000623. The van der Waals surface area contributed by atoms with Crippen molar-refractivity contribution in [2.24, 2.45) is 5.73 Å². The minimum absolute atomic E-state index is 0.000623. The Labute approximate surface area is 108 Å². The summed E-state index contributed by atoms with van der Waals surface area (Å²) in [5.74, 6) is 0.640. The molecule has 1 aromatic heterocycles. The first-order chi connectivity index (χ1) is 8.66. The third-order valence-electron chi connectivity index (χ3n) is 2.85. The number of aryl methyl sites for hydroxylation is 1. The second-order valence-corrected chi connectivity index (χ2v) is 4.44. The van der Waals surface area contributed by atoms with Crippen LogP contribution in [0.4, 0.5) is 0 Å². The van der Waals surface area contributed by atoms with Gasteiger partial charge >= 0.3 is 0 Å². The predicted octanol–water partition coefficient (Wildman–Crippen LogP) is 2.99. The standard InChI is InChI=1S/C15H18N2O/c1-11-8-15(17-9-14(11)12(2)16)18-10-13-6-4-3-5-7-13/h3-9,12H,10,16H2,1-2H3. The van der Waals surface area contributed by atoms with Crippen LogP contribution in [0.15, 0.2) is 42.6 Å². The van der Waals surface area contributed by atoms with Gasteiger partial charge in [-0.1, -0.05) is 30.3 Å². The summed E-state index contributed by atoms with van der Waals surface area (Å²) in [7, 11) is 0. The van der Waals surface area contributed by atoms with E-state index in [4.69, 9.17) is 10.5 Å². The van der Waals surface area contributed by atoms with Gasteiger partial charge in [-0.05, 0) is 30.5 Å². The number of ether oxygens (including phenoxy) is 1. The van der Waals surface area contributed by atoms with Crippen molar-refractivity contribution in [2.45, 2.75) is 26.5 Å². The van der Waals surface area contributed by atoms with Crippen molar-refractivity contribution >= 4 is 0 Å². The molecule has 0 spiro atoms. The number of benzene rings is 1. The van der Waals surface area contributed by atoms with Crippen LogP contribution in [0.1, 0.15) is 29.7 Å². The van der Waals surface area contributed by atoms with Gasteiger partial charge in [-0.25, -0.2) is 4.98 Å². The summed E-state index contributed by atoms with van der Waals surface area (Å²) < 4.78 is 5.66. The van der Waals surface area contributed by atoms with Gasteiger partial charge in [0.25, 0.3) is 0 Å². The molecule has 0 aliphatic heterocycles. The Bertz CT molecular complexity index is 509. The second kappa shape index (κ2) is 5.65. The van der Waals surface area contributed by atoms with Crippen LogP contribution in [-0.4, -0.2) is 4.98 Å². The van der Waals surface area contributed by atoms with E-state index in [0.717, 1.165) is 16.7 Å². The molecule has 0 fully saturated rings. The zero-order valence-corrected chi connectivity index (χ0v) is 10.8. The topological polar surface area (TPSA) is 48.1 Å². The Hall–Kier alpha value is -1.87. The zero-order valence-electron chi connectivity index (χ0n) is 10.8. The van der Waals surface area contributed by atoms with Crippen LogP contribution in [0.3, 0.4) is 0 Å². The lowest BCUT2D eigenvalue weighted by Crippen LogP contribution is -2.08. The normalized spacial score (nSPS) is 12.2. The first-order valence-electron chi connectivity index (χ1n) is 6.05. The van der Waals surface area contributed by atoms with E-state index >= 15 is 0 Å². The summed E-state index contributed by atoms with van der Waals surface area (Å²) in [4.78, 5) is 4.27. The van der Waals surface area contributed by atoms with E-state index in [0.29, 0.717) is 12.5 Å². The smallest absolute Gasteiger partial charge is 0.213 e. The molecule has 0 radical (unpaired) electrons. The van der Waals surface area contributed by atoms with E-state index < -0.39 is 0 Å². The highest BCUT2D eigenvalue weighted by Crippen LogP contribution is 2.19. The first kappa shape index (κ1) is 12.6. The van der Waals surface area contributed by atoms with Crippen molar-refractivity contribution in [3.63, 3.8) is 0 Å². The molecule has 0 aliphatic rings. The summed E-state index contributed by atoms with van der Waals surface area (Å²) in [5, 5.41) is 0. The Morgan fingerprint density at radius 1 is 1.28 bits per heavy atom. The monoisotopic (exact) mass is 242 g/mol. The molecular formula is C15H18N2O. The van der Waals surface area contributed by atoms with E-state index in [9.17, 15) is 0 Å². The van der Waals surface area contributed by atoms with Crippen LogP contribution in [0.5, 0.6) is 5.88 Å². The van der Waals surface area contributed by atoms with Crippen LogP contribution >= 0.6 is 0 Å². The molecule has 0 aliphatic carbocycles. The lowest BCUT2D eigenvalue weighted by molar-refractivity contribution is 0.293. The Kier molecular flexibility index (Phi) is 3.95. The van der Waals surface area contributed by atoms with Gasteiger partial charge in [-0.15, -0.1) is 0 Å². The fourth-order valence-corrected chi connectivity index (χ4v) is 1.83. The molecule has 1 unspecified atom stereocenters. The largest absolute Gasteiger partial charge is 0.473 e. The molecule has 0 amide bonds. The van der Waals surface area contributed by atoms with Crippen molar-refractivity contribution in [1.82, 2.24) is 4.98 Å². The summed E-state index contributed by atoms with van der Waals surface area (Å²) in [6.45, 7) is 4.51. The highest BCUT2D eigenvalue weighted by Gasteiger charge is 2.06. The van der Waals surface area contributed by atoms with Crippen LogP contribution < -0.4 is 10.5 Å². The summed E-state index contributed by atoms with van der Waals surface area (Å²) in [5.41, 5.74) is 9.15. The fraction of sp³-hybridized carbons (Fsp3) is 0.267. The number of rotatable bonds is 4. The van der Waals surface area contributed by atoms with Gasteiger partial charge in [0, 0.05) is 18.3 Å². The number of hydrogen-bond acceptors (Lipinski definition) is 3.